The predicted molar refractivity (Wildman–Crippen MR) is 125 cm³/mol. The van der Waals surface area contributed by atoms with E-state index in [4.69, 9.17) is 22.3 Å². The summed E-state index contributed by atoms with van der Waals surface area (Å²) in [5.41, 5.74) is 0. The fraction of sp³-hybridized carbons (Fsp3) is 1.00. The first-order valence-corrected chi connectivity index (χ1v) is 13.9. The Kier molecular flexibility index (Phi) is 39.5. The molecule has 0 saturated carbocycles. The molecule has 5 nitrogen and oxygen atoms in total. The Bertz CT molecular complexity index is 404. The summed E-state index contributed by atoms with van der Waals surface area (Å²) in [6.45, 7) is 9.12. The summed E-state index contributed by atoms with van der Waals surface area (Å²) in [5, 5.41) is 0. The molecule has 8 heteroatoms. The second-order valence-corrected chi connectivity index (χ2v) is 9.51. The van der Waals surface area contributed by atoms with Crippen LogP contribution in [-0.4, -0.2) is 29.7 Å². The summed E-state index contributed by atoms with van der Waals surface area (Å²) in [6, 6.07) is 0. The van der Waals surface area contributed by atoms with Gasteiger partial charge in [0.05, 0.1) is 12.2 Å². The molecule has 2 atom stereocenters. The zero-order chi connectivity index (χ0) is 23.1. The number of hydrogen-bond acceptors (Lipinski definition) is 5. The molecule has 0 aliphatic rings. The summed E-state index contributed by atoms with van der Waals surface area (Å²) in [6.07, 6.45) is 25.9. The van der Waals surface area contributed by atoms with Crippen LogP contribution in [0.25, 0.3) is 0 Å². The van der Waals surface area contributed by atoms with E-state index in [9.17, 15) is 0 Å². The quantitative estimate of drug-likeness (QED) is 0.110. The molecule has 0 bridgehead atoms. The van der Waals surface area contributed by atoms with E-state index < -0.39 is 10.4 Å². The fourth-order valence-electron chi connectivity index (χ4n) is 3.66. The molecule has 0 aromatic rings. The van der Waals surface area contributed by atoms with Crippen LogP contribution in [-0.2, 0) is 15.1 Å². The van der Waals surface area contributed by atoms with E-state index in [0.29, 0.717) is 12.2 Å². The van der Waals surface area contributed by atoms with Crippen molar-refractivity contribution in [2.75, 3.05) is 0 Å². The molecule has 0 amide bonds. The van der Waals surface area contributed by atoms with E-state index >= 15 is 0 Å². The van der Waals surface area contributed by atoms with Crippen LogP contribution in [0.15, 0.2) is 0 Å². The molecule has 2 unspecified atom stereocenters. The molecule has 0 radical (unpaired) electrons. The Morgan fingerprint density at radius 2 is 0.781 bits per heavy atom. The normalized spacial score (nSPS) is 12.7. The van der Waals surface area contributed by atoms with E-state index in [1.165, 1.54) is 116 Å². The Morgan fingerprint density at radius 3 is 1.03 bits per heavy atom. The first-order valence-electron chi connectivity index (χ1n) is 12.5. The van der Waals surface area contributed by atoms with Crippen molar-refractivity contribution in [2.45, 2.75) is 155 Å². The molecule has 0 aliphatic carbocycles. The van der Waals surface area contributed by atoms with E-state index in [1.54, 1.807) is 0 Å². The van der Waals surface area contributed by atoms with Gasteiger partial charge in [0.25, 0.3) is 0 Å². The SMILES string of the molecule is CCCCCCCCCCC(C)OC(C)CCCCCCCCCC.O=S(=O)([O-])[O-].[Na+].[Na+]. The molecular formula is C24H50Na2O5S. The minimum absolute atomic E-state index is 0. The van der Waals surface area contributed by atoms with Crippen molar-refractivity contribution in [3.05, 3.63) is 0 Å². The van der Waals surface area contributed by atoms with Gasteiger partial charge in [0.2, 0.25) is 0 Å². The van der Waals surface area contributed by atoms with Gasteiger partial charge in [0.15, 0.2) is 0 Å². The van der Waals surface area contributed by atoms with Gasteiger partial charge >= 0.3 is 59.1 Å². The molecule has 0 rings (SSSR count). The first kappa shape index (κ1) is 41.0. The van der Waals surface area contributed by atoms with Crippen molar-refractivity contribution in [1.29, 1.82) is 0 Å². The average molecular weight is 497 g/mol. The third-order valence-electron chi connectivity index (χ3n) is 5.39. The average Bonchev–Trinajstić information content (AvgIpc) is 2.64. The maximum atomic E-state index is 8.52. The standard InChI is InChI=1S/C24H50O.2Na.H2O4S/c1-5-7-9-11-13-15-17-19-21-23(3)25-24(4)22-20-18-16-14-12-10-8-6-2;;;1-5(2,3)4/h23-24H,5-22H2,1-4H3;;;(H2,1,2,3,4)/q;2*+1;/p-2. The van der Waals surface area contributed by atoms with Gasteiger partial charge in [-0.15, -0.1) is 0 Å². The van der Waals surface area contributed by atoms with Crippen LogP contribution in [0.5, 0.6) is 0 Å². The second-order valence-electron chi connectivity index (χ2n) is 8.69. The smallest absolute Gasteiger partial charge is 0.759 e. The van der Waals surface area contributed by atoms with Crippen LogP contribution in [0.4, 0.5) is 0 Å². The zero-order valence-corrected chi connectivity index (χ0v) is 27.1. The largest absolute Gasteiger partial charge is 1.00 e. The minimum Gasteiger partial charge on any atom is -0.759 e. The van der Waals surface area contributed by atoms with Crippen LogP contribution in [0.3, 0.4) is 0 Å². The Labute approximate surface area is 245 Å². The number of rotatable bonds is 20. The molecule has 0 aromatic carbocycles. The molecule has 184 valence electrons. The molecule has 0 aliphatic heterocycles. The maximum absolute atomic E-state index is 8.52. The Balaban J connectivity index is -0.000000501. The summed E-state index contributed by atoms with van der Waals surface area (Å²) >= 11 is 0. The second kappa shape index (κ2) is 30.9. The molecule has 0 heterocycles. The Hall–Kier alpha value is 1.83. The molecule has 0 fully saturated rings. The van der Waals surface area contributed by atoms with Gasteiger partial charge in [-0.3, -0.25) is 8.42 Å². The van der Waals surface area contributed by atoms with Crippen LogP contribution < -0.4 is 59.1 Å². The van der Waals surface area contributed by atoms with Crippen LogP contribution in [0.2, 0.25) is 0 Å². The summed E-state index contributed by atoms with van der Waals surface area (Å²) in [5.74, 6) is 0. The molecule has 0 saturated heterocycles. The van der Waals surface area contributed by atoms with Crippen LogP contribution >= 0.6 is 0 Å². The maximum Gasteiger partial charge on any atom is 1.00 e. The van der Waals surface area contributed by atoms with E-state index in [1.807, 2.05) is 0 Å². The van der Waals surface area contributed by atoms with E-state index in [2.05, 4.69) is 27.7 Å². The van der Waals surface area contributed by atoms with Crippen molar-refractivity contribution in [1.82, 2.24) is 0 Å². The fourth-order valence-corrected chi connectivity index (χ4v) is 3.66. The van der Waals surface area contributed by atoms with Gasteiger partial charge in [-0.2, -0.15) is 0 Å². The number of ether oxygens (including phenoxy) is 1. The topological polar surface area (TPSA) is 89.5 Å². The molecular weight excluding hydrogens is 446 g/mol. The van der Waals surface area contributed by atoms with Crippen molar-refractivity contribution in [2.24, 2.45) is 0 Å². The van der Waals surface area contributed by atoms with Crippen molar-refractivity contribution >= 4 is 10.4 Å². The van der Waals surface area contributed by atoms with E-state index in [0.717, 1.165) is 0 Å². The molecule has 0 aromatic heterocycles. The Morgan fingerprint density at radius 1 is 0.562 bits per heavy atom. The molecule has 0 N–H and O–H groups in total. The van der Waals surface area contributed by atoms with Crippen molar-refractivity contribution in [3.63, 3.8) is 0 Å². The van der Waals surface area contributed by atoms with Gasteiger partial charge in [-0.25, -0.2) is 0 Å². The monoisotopic (exact) mass is 496 g/mol. The summed E-state index contributed by atoms with van der Waals surface area (Å²) < 4.78 is 40.3. The van der Waals surface area contributed by atoms with Gasteiger partial charge in [-0.05, 0) is 26.7 Å². The van der Waals surface area contributed by atoms with Crippen molar-refractivity contribution in [3.8, 4) is 0 Å². The molecule has 32 heavy (non-hydrogen) atoms. The minimum atomic E-state index is -5.17. The predicted octanol–water partition coefficient (Wildman–Crippen LogP) is 1.51. The molecule has 0 spiro atoms. The van der Waals surface area contributed by atoms with Crippen molar-refractivity contribution < 1.29 is 81.4 Å². The van der Waals surface area contributed by atoms with Gasteiger partial charge in [0, 0.05) is 10.4 Å². The number of hydrogen-bond donors (Lipinski definition) is 0. The van der Waals surface area contributed by atoms with E-state index in [-0.39, 0.29) is 59.1 Å². The number of unbranched alkanes of at least 4 members (excludes halogenated alkanes) is 14. The first-order chi connectivity index (χ1) is 14.2. The third-order valence-corrected chi connectivity index (χ3v) is 5.39. The van der Waals surface area contributed by atoms with Crippen LogP contribution in [0, 0.1) is 0 Å². The summed E-state index contributed by atoms with van der Waals surface area (Å²) in [4.78, 5) is 0. The van der Waals surface area contributed by atoms with Gasteiger partial charge < -0.3 is 13.8 Å². The zero-order valence-electron chi connectivity index (χ0n) is 22.3. The van der Waals surface area contributed by atoms with Gasteiger partial charge in [-0.1, -0.05) is 117 Å². The van der Waals surface area contributed by atoms with Gasteiger partial charge in [0.1, 0.15) is 0 Å². The van der Waals surface area contributed by atoms with Crippen LogP contribution in [0.1, 0.15) is 143 Å². The summed E-state index contributed by atoms with van der Waals surface area (Å²) in [7, 11) is -5.17. The third kappa shape index (κ3) is 45.3.